The van der Waals surface area contributed by atoms with Crippen molar-refractivity contribution in [2.24, 2.45) is 0 Å². The third kappa shape index (κ3) is 3.48. The predicted octanol–water partition coefficient (Wildman–Crippen LogP) is 0.738. The lowest BCUT2D eigenvalue weighted by Gasteiger charge is -2.25. The number of carbonyl (C=O) groups is 1. The van der Waals surface area contributed by atoms with Gasteiger partial charge >= 0.3 is 0 Å². The number of aliphatic hydroxyl groups is 1. The van der Waals surface area contributed by atoms with Gasteiger partial charge in [-0.05, 0) is 24.5 Å². The van der Waals surface area contributed by atoms with Crippen LogP contribution in [0, 0.1) is 6.92 Å². The van der Waals surface area contributed by atoms with E-state index < -0.39 is 5.60 Å². The van der Waals surface area contributed by atoms with Gasteiger partial charge in [-0.25, -0.2) is 4.68 Å². The number of likely N-dealkylation sites (tertiary alicyclic amines) is 1. The maximum atomic E-state index is 12.6. The molecule has 0 saturated carbocycles. The van der Waals surface area contributed by atoms with E-state index in [-0.39, 0.29) is 24.6 Å². The van der Waals surface area contributed by atoms with Crippen molar-refractivity contribution < 1.29 is 9.90 Å². The Kier molecular flexibility index (Phi) is 4.82. The first-order chi connectivity index (χ1) is 12.3. The molecular formula is C19H24N4O3. The van der Waals surface area contributed by atoms with Crippen LogP contribution in [0.5, 0.6) is 0 Å². The number of carbonyl (C=O) groups excluding carboxylic acids is 1. The van der Waals surface area contributed by atoms with Gasteiger partial charge in [0.1, 0.15) is 12.1 Å². The number of rotatable bonds is 4. The van der Waals surface area contributed by atoms with E-state index in [9.17, 15) is 14.7 Å². The highest BCUT2D eigenvalue weighted by molar-refractivity contribution is 5.76. The van der Waals surface area contributed by atoms with E-state index in [0.717, 1.165) is 15.8 Å². The monoisotopic (exact) mass is 356 g/mol. The molecule has 1 aromatic carbocycles. The third-order valence-electron chi connectivity index (χ3n) is 4.90. The minimum absolute atomic E-state index is 0.129. The van der Waals surface area contributed by atoms with Crippen molar-refractivity contribution in [2.75, 3.05) is 32.1 Å². The van der Waals surface area contributed by atoms with Crippen molar-refractivity contribution in [3.05, 3.63) is 58.0 Å². The lowest BCUT2D eigenvalue weighted by Crippen LogP contribution is -2.38. The molecule has 0 bridgehead atoms. The summed E-state index contributed by atoms with van der Waals surface area (Å²) in [6.07, 6.45) is 2.04. The molecule has 1 aliphatic rings. The minimum atomic E-state index is -1.05. The molecule has 3 rings (SSSR count). The summed E-state index contributed by atoms with van der Waals surface area (Å²) in [5.41, 5.74) is 1.17. The number of nitrogens with zero attached hydrogens (tertiary/aromatic N) is 4. The van der Waals surface area contributed by atoms with Gasteiger partial charge in [0.15, 0.2) is 0 Å². The van der Waals surface area contributed by atoms with Gasteiger partial charge < -0.3 is 14.9 Å². The molecule has 1 aliphatic heterocycles. The molecule has 1 amide bonds. The van der Waals surface area contributed by atoms with Crippen molar-refractivity contribution in [1.29, 1.82) is 0 Å². The average molecular weight is 356 g/mol. The van der Waals surface area contributed by atoms with Crippen molar-refractivity contribution in [3.8, 4) is 0 Å². The number of hydrogen-bond donors (Lipinski definition) is 1. The second-order valence-corrected chi connectivity index (χ2v) is 7.02. The molecule has 7 nitrogen and oxygen atoms in total. The number of benzene rings is 1. The topological polar surface area (TPSA) is 78.7 Å². The van der Waals surface area contributed by atoms with Gasteiger partial charge in [0.2, 0.25) is 5.91 Å². The van der Waals surface area contributed by atoms with Gasteiger partial charge in [-0.1, -0.05) is 24.3 Å². The maximum absolute atomic E-state index is 12.6. The van der Waals surface area contributed by atoms with Crippen LogP contribution in [0.2, 0.25) is 0 Å². The first-order valence-electron chi connectivity index (χ1n) is 8.61. The summed E-state index contributed by atoms with van der Waals surface area (Å²) in [5, 5.41) is 15.1. The quantitative estimate of drug-likeness (QED) is 0.874. The van der Waals surface area contributed by atoms with E-state index in [1.54, 1.807) is 16.0 Å². The molecule has 1 N–H and O–H groups in total. The van der Waals surface area contributed by atoms with Gasteiger partial charge in [-0.3, -0.25) is 9.59 Å². The Bertz CT molecular complexity index is 877. The van der Waals surface area contributed by atoms with Crippen molar-refractivity contribution in [3.63, 3.8) is 0 Å². The summed E-state index contributed by atoms with van der Waals surface area (Å²) < 4.78 is 1.15. The molecule has 0 spiro atoms. The normalized spacial score (nSPS) is 19.6. The maximum Gasteiger partial charge on any atom is 0.269 e. The Morgan fingerprint density at radius 2 is 2.08 bits per heavy atom. The molecule has 1 saturated heterocycles. The lowest BCUT2D eigenvalue weighted by molar-refractivity contribution is -0.132. The van der Waals surface area contributed by atoms with E-state index >= 15 is 0 Å². The summed E-state index contributed by atoms with van der Waals surface area (Å²) in [7, 11) is 3.64. The van der Waals surface area contributed by atoms with Crippen molar-refractivity contribution in [1.82, 2.24) is 14.7 Å². The Morgan fingerprint density at radius 3 is 2.73 bits per heavy atom. The molecule has 1 fully saturated rings. The van der Waals surface area contributed by atoms with Crippen molar-refractivity contribution >= 4 is 11.6 Å². The molecule has 0 radical (unpaired) electrons. The van der Waals surface area contributed by atoms with E-state index in [2.05, 4.69) is 5.10 Å². The Labute approximate surface area is 152 Å². The number of aromatic nitrogens is 2. The Hall–Kier alpha value is -2.67. The number of aryl methyl sites for hydroxylation is 1. The fourth-order valence-electron chi connectivity index (χ4n) is 3.34. The van der Waals surface area contributed by atoms with Crippen LogP contribution >= 0.6 is 0 Å². The van der Waals surface area contributed by atoms with Gasteiger partial charge in [0.25, 0.3) is 5.56 Å². The second kappa shape index (κ2) is 6.92. The van der Waals surface area contributed by atoms with E-state index in [4.69, 9.17) is 0 Å². The molecule has 1 atom stereocenters. The highest BCUT2D eigenvalue weighted by Crippen LogP contribution is 2.33. The van der Waals surface area contributed by atoms with Crippen molar-refractivity contribution in [2.45, 2.75) is 25.5 Å². The van der Waals surface area contributed by atoms with Gasteiger partial charge in [0.05, 0.1) is 18.4 Å². The summed E-state index contributed by atoms with van der Waals surface area (Å²) in [4.78, 5) is 28.1. The zero-order valence-electron chi connectivity index (χ0n) is 15.3. The first-order valence-corrected chi connectivity index (χ1v) is 8.61. The molecular weight excluding hydrogens is 332 g/mol. The van der Waals surface area contributed by atoms with Crippen LogP contribution < -0.4 is 10.5 Å². The Morgan fingerprint density at radius 1 is 1.35 bits per heavy atom. The average Bonchev–Trinajstić information content (AvgIpc) is 3.00. The van der Waals surface area contributed by atoms with Gasteiger partial charge in [0, 0.05) is 26.7 Å². The first kappa shape index (κ1) is 18.1. The third-order valence-corrected chi connectivity index (χ3v) is 4.90. The van der Waals surface area contributed by atoms with E-state index in [1.807, 2.05) is 45.3 Å². The standard InChI is InChI=1S/C19H24N4O3/c1-14-6-4-5-7-16(14)19(26)8-9-22(13-19)18(25)12-23-17(24)10-15(11-20-23)21(2)3/h4-7,10-11,26H,8-9,12-13H2,1-3H3/t19-/m0/s1. The van der Waals surface area contributed by atoms with Crippen LogP contribution in [0.4, 0.5) is 5.69 Å². The number of β-amino-alcohol motifs (C(OH)–C–C–N with tert-alkyl or cyclic N) is 1. The highest BCUT2D eigenvalue weighted by Gasteiger charge is 2.40. The fourth-order valence-corrected chi connectivity index (χ4v) is 3.34. The summed E-state index contributed by atoms with van der Waals surface area (Å²) in [6.45, 7) is 2.50. The van der Waals surface area contributed by atoms with Crippen LogP contribution in [0.1, 0.15) is 17.5 Å². The SMILES string of the molecule is Cc1ccccc1[C@]1(O)CCN(C(=O)Cn2ncc(N(C)C)cc2=O)C1. The van der Waals surface area contributed by atoms with Gasteiger partial charge in [-0.2, -0.15) is 5.10 Å². The molecule has 1 aromatic heterocycles. The predicted molar refractivity (Wildman–Crippen MR) is 99.1 cm³/mol. The number of hydrogen-bond acceptors (Lipinski definition) is 5. The molecule has 138 valence electrons. The molecule has 0 aliphatic carbocycles. The molecule has 2 aromatic rings. The van der Waals surface area contributed by atoms with Gasteiger partial charge in [-0.15, -0.1) is 0 Å². The minimum Gasteiger partial charge on any atom is -0.383 e. The van der Waals surface area contributed by atoms with Crippen LogP contribution in [0.15, 0.2) is 41.3 Å². The molecule has 0 unspecified atom stereocenters. The fraction of sp³-hybridized carbons (Fsp3) is 0.421. The van der Waals surface area contributed by atoms with Crippen LogP contribution in [-0.2, 0) is 16.9 Å². The molecule has 26 heavy (non-hydrogen) atoms. The molecule has 7 heteroatoms. The zero-order chi connectivity index (χ0) is 18.9. The van der Waals surface area contributed by atoms with Crippen LogP contribution in [0.25, 0.3) is 0 Å². The second-order valence-electron chi connectivity index (χ2n) is 7.02. The Balaban J connectivity index is 1.72. The van der Waals surface area contributed by atoms with E-state index in [1.165, 1.54) is 6.07 Å². The van der Waals surface area contributed by atoms with E-state index in [0.29, 0.717) is 18.7 Å². The lowest BCUT2D eigenvalue weighted by atomic mass is 9.89. The largest absolute Gasteiger partial charge is 0.383 e. The van der Waals surface area contributed by atoms with Crippen LogP contribution in [0.3, 0.4) is 0 Å². The highest BCUT2D eigenvalue weighted by atomic mass is 16.3. The summed E-state index contributed by atoms with van der Waals surface area (Å²) in [6, 6.07) is 9.12. The smallest absolute Gasteiger partial charge is 0.269 e. The number of anilines is 1. The van der Waals surface area contributed by atoms with Crippen LogP contribution in [-0.4, -0.2) is 52.9 Å². The number of amides is 1. The molecule has 2 heterocycles. The summed E-state index contributed by atoms with van der Waals surface area (Å²) in [5.74, 6) is -0.221. The zero-order valence-corrected chi connectivity index (χ0v) is 15.3. The summed E-state index contributed by atoms with van der Waals surface area (Å²) >= 11 is 0.